The Kier molecular flexibility index (Phi) is 4.50. The lowest BCUT2D eigenvalue weighted by Gasteiger charge is -2.20. The smallest absolute Gasteiger partial charge is 0.130 e. The quantitative estimate of drug-likeness (QED) is 0.869. The summed E-state index contributed by atoms with van der Waals surface area (Å²) in [6.07, 6.45) is 1.04. The highest BCUT2D eigenvalue weighted by molar-refractivity contribution is 5.50. The molecule has 0 aromatic heterocycles. The lowest BCUT2D eigenvalue weighted by molar-refractivity contribution is 0.304. The van der Waals surface area contributed by atoms with Crippen LogP contribution in [-0.4, -0.2) is 45.4 Å². The third-order valence-corrected chi connectivity index (χ3v) is 3.51. The van der Waals surface area contributed by atoms with Gasteiger partial charge in [0, 0.05) is 37.8 Å². The second-order valence-electron chi connectivity index (χ2n) is 4.79. The molecule has 5 nitrogen and oxygen atoms in total. The summed E-state index contributed by atoms with van der Waals surface area (Å²) in [5.74, 6) is 2.31. The van der Waals surface area contributed by atoms with E-state index in [1.54, 1.807) is 21.3 Å². The predicted octanol–water partition coefficient (Wildman–Crippen LogP) is 1.25. The molecule has 106 valence electrons. The molecular weight excluding hydrogens is 244 g/mol. The second kappa shape index (κ2) is 6.12. The summed E-state index contributed by atoms with van der Waals surface area (Å²) in [4.78, 5) is 2.32. The normalized spacial score (nSPS) is 19.5. The molecule has 0 spiro atoms. The summed E-state index contributed by atoms with van der Waals surface area (Å²) in [6, 6.07) is 4.04. The number of benzene rings is 1. The van der Waals surface area contributed by atoms with Crippen molar-refractivity contribution in [2.45, 2.75) is 19.0 Å². The van der Waals surface area contributed by atoms with E-state index in [2.05, 4.69) is 4.90 Å². The summed E-state index contributed by atoms with van der Waals surface area (Å²) in [7, 11) is 4.95. The molecule has 1 fully saturated rings. The van der Waals surface area contributed by atoms with Gasteiger partial charge in [0.05, 0.1) is 26.9 Å². The minimum atomic E-state index is 0.273. The van der Waals surface area contributed by atoms with Crippen LogP contribution in [0.15, 0.2) is 12.1 Å². The van der Waals surface area contributed by atoms with Crippen LogP contribution in [0, 0.1) is 0 Å². The van der Waals surface area contributed by atoms with Crippen LogP contribution in [0.2, 0.25) is 0 Å². The number of likely N-dealkylation sites (tertiary alicyclic amines) is 1. The molecule has 1 aromatic carbocycles. The van der Waals surface area contributed by atoms with Gasteiger partial charge in [0.1, 0.15) is 17.2 Å². The molecule has 1 heterocycles. The van der Waals surface area contributed by atoms with Crippen molar-refractivity contribution in [1.82, 2.24) is 4.90 Å². The van der Waals surface area contributed by atoms with Crippen LogP contribution in [-0.2, 0) is 6.54 Å². The van der Waals surface area contributed by atoms with Crippen LogP contribution in [0.25, 0.3) is 0 Å². The van der Waals surface area contributed by atoms with Crippen LogP contribution in [0.1, 0.15) is 12.0 Å². The monoisotopic (exact) mass is 266 g/mol. The van der Waals surface area contributed by atoms with Crippen LogP contribution >= 0.6 is 0 Å². The summed E-state index contributed by atoms with van der Waals surface area (Å²) in [5, 5.41) is 0. The van der Waals surface area contributed by atoms with E-state index in [0.717, 1.165) is 48.9 Å². The number of ether oxygens (including phenoxy) is 3. The molecule has 19 heavy (non-hydrogen) atoms. The molecule has 0 amide bonds. The number of hydrogen-bond acceptors (Lipinski definition) is 5. The predicted molar refractivity (Wildman–Crippen MR) is 74.0 cm³/mol. The van der Waals surface area contributed by atoms with Crippen LogP contribution in [0.5, 0.6) is 17.2 Å². The van der Waals surface area contributed by atoms with E-state index < -0.39 is 0 Å². The summed E-state index contributed by atoms with van der Waals surface area (Å²) >= 11 is 0. The van der Waals surface area contributed by atoms with Crippen molar-refractivity contribution in [2.75, 3.05) is 34.4 Å². The first kappa shape index (κ1) is 14.0. The van der Waals surface area contributed by atoms with Gasteiger partial charge in [0.2, 0.25) is 0 Å². The molecule has 0 bridgehead atoms. The molecule has 0 saturated carbocycles. The molecule has 2 N–H and O–H groups in total. The van der Waals surface area contributed by atoms with E-state index >= 15 is 0 Å². The maximum atomic E-state index is 5.94. The van der Waals surface area contributed by atoms with Gasteiger partial charge in [-0.2, -0.15) is 0 Å². The molecule has 5 heteroatoms. The minimum Gasteiger partial charge on any atom is -0.496 e. The van der Waals surface area contributed by atoms with Gasteiger partial charge in [-0.15, -0.1) is 0 Å². The number of nitrogens with two attached hydrogens (primary N) is 1. The van der Waals surface area contributed by atoms with E-state index in [9.17, 15) is 0 Å². The highest BCUT2D eigenvalue weighted by atomic mass is 16.5. The van der Waals surface area contributed by atoms with Crippen molar-refractivity contribution in [3.8, 4) is 17.2 Å². The fraction of sp³-hybridized carbons (Fsp3) is 0.571. The van der Waals surface area contributed by atoms with Gasteiger partial charge in [0.15, 0.2) is 0 Å². The number of methoxy groups -OCH3 is 3. The van der Waals surface area contributed by atoms with Crippen LogP contribution in [0.3, 0.4) is 0 Å². The van der Waals surface area contributed by atoms with E-state index in [0.29, 0.717) is 0 Å². The zero-order valence-corrected chi connectivity index (χ0v) is 11.8. The molecule has 0 aliphatic carbocycles. The Morgan fingerprint density at radius 1 is 1.16 bits per heavy atom. The first-order valence-corrected chi connectivity index (χ1v) is 6.44. The third-order valence-electron chi connectivity index (χ3n) is 3.51. The first-order valence-electron chi connectivity index (χ1n) is 6.44. The Morgan fingerprint density at radius 3 is 2.21 bits per heavy atom. The maximum Gasteiger partial charge on any atom is 0.130 e. The fourth-order valence-corrected chi connectivity index (χ4v) is 2.46. The van der Waals surface area contributed by atoms with E-state index in [1.807, 2.05) is 12.1 Å². The summed E-state index contributed by atoms with van der Waals surface area (Å²) < 4.78 is 16.1. The van der Waals surface area contributed by atoms with E-state index in [-0.39, 0.29) is 6.04 Å². The van der Waals surface area contributed by atoms with E-state index in [1.165, 1.54) is 0 Å². The van der Waals surface area contributed by atoms with Gasteiger partial charge in [0.25, 0.3) is 0 Å². The number of hydrogen-bond donors (Lipinski definition) is 1. The van der Waals surface area contributed by atoms with Crippen molar-refractivity contribution >= 4 is 0 Å². The SMILES string of the molecule is COc1cc(OC)c(CN2CCC(N)C2)c(OC)c1. The Morgan fingerprint density at radius 2 is 1.79 bits per heavy atom. The lowest BCUT2D eigenvalue weighted by Crippen LogP contribution is -2.26. The maximum absolute atomic E-state index is 5.94. The van der Waals surface area contributed by atoms with Crippen molar-refractivity contribution in [2.24, 2.45) is 5.73 Å². The van der Waals surface area contributed by atoms with E-state index in [4.69, 9.17) is 19.9 Å². The molecule has 2 rings (SSSR count). The molecule has 0 radical (unpaired) electrons. The molecule has 1 atom stereocenters. The van der Waals surface area contributed by atoms with Crippen LogP contribution in [0.4, 0.5) is 0 Å². The molecule has 1 unspecified atom stereocenters. The molecule has 1 saturated heterocycles. The second-order valence-corrected chi connectivity index (χ2v) is 4.79. The van der Waals surface area contributed by atoms with Crippen molar-refractivity contribution in [3.05, 3.63) is 17.7 Å². The Labute approximate surface area is 114 Å². The zero-order valence-electron chi connectivity index (χ0n) is 11.8. The zero-order chi connectivity index (χ0) is 13.8. The van der Waals surface area contributed by atoms with Gasteiger partial charge < -0.3 is 19.9 Å². The fourth-order valence-electron chi connectivity index (χ4n) is 2.46. The van der Waals surface area contributed by atoms with Gasteiger partial charge in [-0.3, -0.25) is 4.90 Å². The molecule has 1 aliphatic heterocycles. The summed E-state index contributed by atoms with van der Waals surface area (Å²) in [6.45, 7) is 2.71. The first-order chi connectivity index (χ1) is 9.17. The van der Waals surface area contributed by atoms with Crippen molar-refractivity contribution < 1.29 is 14.2 Å². The number of rotatable bonds is 5. The molecule has 1 aromatic rings. The molecular formula is C14H22N2O3. The van der Waals surface area contributed by atoms with Crippen LogP contribution < -0.4 is 19.9 Å². The Bertz CT molecular complexity index is 412. The standard InChI is InChI=1S/C14H22N2O3/c1-17-11-6-13(18-2)12(14(7-11)19-3)9-16-5-4-10(15)8-16/h6-7,10H,4-5,8-9,15H2,1-3H3. The number of nitrogens with zero attached hydrogens (tertiary/aromatic N) is 1. The third kappa shape index (κ3) is 3.11. The average molecular weight is 266 g/mol. The Balaban J connectivity index is 2.26. The van der Waals surface area contributed by atoms with Crippen molar-refractivity contribution in [1.29, 1.82) is 0 Å². The topological polar surface area (TPSA) is 57.0 Å². The average Bonchev–Trinajstić information content (AvgIpc) is 2.84. The van der Waals surface area contributed by atoms with Gasteiger partial charge >= 0.3 is 0 Å². The Hall–Kier alpha value is -1.46. The largest absolute Gasteiger partial charge is 0.496 e. The minimum absolute atomic E-state index is 0.273. The molecule has 1 aliphatic rings. The van der Waals surface area contributed by atoms with Crippen molar-refractivity contribution in [3.63, 3.8) is 0 Å². The van der Waals surface area contributed by atoms with Gasteiger partial charge in [-0.05, 0) is 6.42 Å². The summed E-state index contributed by atoms with van der Waals surface area (Å²) in [5.41, 5.74) is 6.98. The highest BCUT2D eigenvalue weighted by Gasteiger charge is 2.22. The lowest BCUT2D eigenvalue weighted by atomic mass is 10.1. The van der Waals surface area contributed by atoms with Gasteiger partial charge in [-0.25, -0.2) is 0 Å². The van der Waals surface area contributed by atoms with Gasteiger partial charge in [-0.1, -0.05) is 0 Å². The highest BCUT2D eigenvalue weighted by Crippen LogP contribution is 2.35.